The third-order valence-electron chi connectivity index (χ3n) is 0.376. The van der Waals surface area contributed by atoms with Crippen LogP contribution in [0.15, 0.2) is 5.10 Å². The molecule has 1 heterocycles. The molecule has 0 fully saturated rings. The molecule has 0 unspecified atom stereocenters. The zero-order valence-corrected chi connectivity index (χ0v) is 4.98. The zero-order chi connectivity index (χ0) is 4.41. The van der Waals surface area contributed by atoms with Crippen LogP contribution in [-0.2, 0) is 0 Å². The number of halogens is 1. The zero-order valence-electron chi connectivity index (χ0n) is 2.83. The average molecular weight is 198 g/mol. The van der Waals surface area contributed by atoms with Gasteiger partial charge in [0.05, 0.1) is 0 Å². The van der Waals surface area contributed by atoms with Gasteiger partial charge in [-0.25, -0.2) is 5.53 Å². The van der Waals surface area contributed by atoms with Crippen LogP contribution >= 0.6 is 22.6 Å². The first-order valence-electron chi connectivity index (χ1n) is 1.39. The Morgan fingerprint density at radius 2 is 2.50 bits per heavy atom. The van der Waals surface area contributed by atoms with E-state index in [1.54, 1.807) is 0 Å². The Labute approximate surface area is 48.5 Å². The summed E-state index contributed by atoms with van der Waals surface area (Å²) in [6.45, 7) is 0. The Bertz CT molecular complexity index is 77.6. The van der Waals surface area contributed by atoms with Crippen molar-refractivity contribution in [1.82, 2.24) is 16.5 Å². The van der Waals surface area contributed by atoms with E-state index >= 15 is 0 Å². The van der Waals surface area contributed by atoms with Crippen molar-refractivity contribution < 1.29 is 0 Å². The van der Waals surface area contributed by atoms with Crippen LogP contribution in [0.4, 0.5) is 0 Å². The van der Waals surface area contributed by atoms with Crippen LogP contribution in [0.1, 0.15) is 0 Å². The van der Waals surface area contributed by atoms with E-state index in [1.165, 1.54) is 0 Å². The number of hydrogen-bond donors (Lipinski definition) is 3. The van der Waals surface area contributed by atoms with E-state index in [-0.39, 0.29) is 0 Å². The van der Waals surface area contributed by atoms with E-state index < -0.39 is 0 Å². The molecular weight excluding hydrogens is 195 g/mol. The van der Waals surface area contributed by atoms with Crippen molar-refractivity contribution in [3.05, 3.63) is 0 Å². The molecule has 0 aromatic heterocycles. The summed E-state index contributed by atoms with van der Waals surface area (Å²) in [5.41, 5.74) is 7.75. The molecule has 0 saturated carbocycles. The Morgan fingerprint density at radius 3 is 2.67 bits per heavy atom. The van der Waals surface area contributed by atoms with Crippen LogP contribution in [-0.4, -0.2) is 3.84 Å². The van der Waals surface area contributed by atoms with Crippen LogP contribution in [0.3, 0.4) is 0 Å². The molecule has 0 aromatic rings. The van der Waals surface area contributed by atoms with Gasteiger partial charge in [-0.2, -0.15) is 0 Å². The van der Waals surface area contributed by atoms with Gasteiger partial charge in [0.15, 0.2) is 0 Å². The van der Waals surface area contributed by atoms with Gasteiger partial charge in [0.25, 0.3) is 0 Å². The topological polar surface area (TPSA) is 48.5 Å². The molecule has 6 heavy (non-hydrogen) atoms. The van der Waals surface area contributed by atoms with Crippen molar-refractivity contribution in [1.29, 1.82) is 0 Å². The number of hydrazine groups is 2. The largest absolute Gasteiger partial charge is 0.280 e. The fraction of sp³-hybridized carbons (Fsp3) is 0. The van der Waals surface area contributed by atoms with Crippen LogP contribution in [0, 0.1) is 0 Å². The maximum atomic E-state index is 3.67. The maximum Gasteiger partial charge on any atom is 0.200 e. The number of hydrazone groups is 1. The fourth-order valence-electron chi connectivity index (χ4n) is 0.185. The van der Waals surface area contributed by atoms with Crippen molar-refractivity contribution in [2.24, 2.45) is 5.10 Å². The van der Waals surface area contributed by atoms with E-state index in [9.17, 15) is 0 Å². The Hall–Kier alpha value is -0.0400. The second kappa shape index (κ2) is 1.61. The maximum absolute atomic E-state index is 3.67. The van der Waals surface area contributed by atoms with Crippen molar-refractivity contribution in [2.45, 2.75) is 0 Å². The summed E-state index contributed by atoms with van der Waals surface area (Å²) in [5, 5.41) is 3.67. The molecule has 0 aromatic carbocycles. The number of hydrogen-bond acceptors (Lipinski definition) is 4. The van der Waals surface area contributed by atoms with Gasteiger partial charge in [0.1, 0.15) is 0 Å². The summed E-state index contributed by atoms with van der Waals surface area (Å²) < 4.78 is 0.826. The quantitative estimate of drug-likeness (QED) is 0.356. The second-order valence-corrected chi connectivity index (χ2v) is 1.79. The standard InChI is InChI=1S/CH3IN4/c2-1-3-5-6-4-1/h5-6H,(H,3,4). The smallest absolute Gasteiger partial charge is 0.200 e. The predicted molar refractivity (Wildman–Crippen MR) is 30.9 cm³/mol. The molecule has 1 rings (SSSR count). The van der Waals surface area contributed by atoms with Crippen LogP contribution < -0.4 is 16.5 Å². The normalized spacial score (nSPS) is 18.5. The molecule has 0 aliphatic carbocycles. The van der Waals surface area contributed by atoms with Gasteiger partial charge in [0.2, 0.25) is 3.84 Å². The Balaban J connectivity index is 2.45. The second-order valence-electron chi connectivity index (χ2n) is 0.764. The molecule has 0 atom stereocenters. The highest BCUT2D eigenvalue weighted by atomic mass is 127. The highest BCUT2D eigenvalue weighted by Gasteiger charge is 1.93. The van der Waals surface area contributed by atoms with Gasteiger partial charge in [-0.05, 0) is 0 Å². The molecule has 0 amide bonds. The minimum Gasteiger partial charge on any atom is -0.280 e. The summed E-state index contributed by atoms with van der Waals surface area (Å²) in [7, 11) is 0. The van der Waals surface area contributed by atoms with Gasteiger partial charge >= 0.3 is 0 Å². The minimum atomic E-state index is 0.826. The molecule has 0 bridgehead atoms. The van der Waals surface area contributed by atoms with Crippen LogP contribution in [0.2, 0.25) is 0 Å². The average Bonchev–Trinajstić information content (AvgIpc) is 1.86. The molecule has 5 heteroatoms. The summed E-state index contributed by atoms with van der Waals surface area (Å²) >= 11 is 2.05. The summed E-state index contributed by atoms with van der Waals surface area (Å²) in [6, 6.07) is 0. The van der Waals surface area contributed by atoms with Crippen LogP contribution in [0.5, 0.6) is 0 Å². The van der Waals surface area contributed by atoms with Gasteiger partial charge in [-0.3, -0.25) is 5.43 Å². The monoisotopic (exact) mass is 198 g/mol. The number of amidine groups is 1. The highest BCUT2D eigenvalue weighted by Crippen LogP contribution is 1.83. The minimum absolute atomic E-state index is 0.826. The predicted octanol–water partition coefficient (Wildman–Crippen LogP) is -0.695. The molecule has 0 spiro atoms. The molecule has 0 radical (unpaired) electrons. The summed E-state index contributed by atoms with van der Waals surface area (Å²) in [4.78, 5) is 0. The summed E-state index contributed by atoms with van der Waals surface area (Å²) in [6.07, 6.45) is 0. The first-order valence-corrected chi connectivity index (χ1v) is 2.46. The highest BCUT2D eigenvalue weighted by molar-refractivity contribution is 14.1. The molecule has 1 aliphatic heterocycles. The number of nitrogens with one attached hydrogen (secondary N) is 3. The molecular formula is CH3IN4. The van der Waals surface area contributed by atoms with Crippen molar-refractivity contribution in [3.63, 3.8) is 0 Å². The lowest BCUT2D eigenvalue weighted by atomic mass is 11.4. The number of rotatable bonds is 0. The van der Waals surface area contributed by atoms with Crippen molar-refractivity contribution in [2.75, 3.05) is 0 Å². The molecule has 0 saturated heterocycles. The van der Waals surface area contributed by atoms with Gasteiger partial charge in [-0.1, -0.05) is 0 Å². The van der Waals surface area contributed by atoms with Crippen LogP contribution in [0.25, 0.3) is 0 Å². The molecule has 3 N–H and O–H groups in total. The van der Waals surface area contributed by atoms with Gasteiger partial charge in [-0.15, -0.1) is 10.6 Å². The van der Waals surface area contributed by atoms with Gasteiger partial charge in [0, 0.05) is 22.6 Å². The van der Waals surface area contributed by atoms with Gasteiger partial charge < -0.3 is 0 Å². The lowest BCUT2D eigenvalue weighted by Gasteiger charge is -1.85. The Kier molecular flexibility index (Phi) is 1.10. The third kappa shape index (κ3) is 0.716. The number of nitrogens with zero attached hydrogens (tertiary/aromatic N) is 1. The van der Waals surface area contributed by atoms with Crippen molar-refractivity contribution >= 4 is 26.4 Å². The van der Waals surface area contributed by atoms with Crippen molar-refractivity contribution in [3.8, 4) is 0 Å². The van der Waals surface area contributed by atoms with E-state index in [4.69, 9.17) is 0 Å². The lowest BCUT2D eigenvalue weighted by molar-refractivity contribution is 0.578. The van der Waals surface area contributed by atoms with E-state index in [2.05, 4.69) is 21.6 Å². The van der Waals surface area contributed by atoms with E-state index in [1.807, 2.05) is 22.6 Å². The fourth-order valence-corrected chi connectivity index (χ4v) is 0.440. The summed E-state index contributed by atoms with van der Waals surface area (Å²) in [5.74, 6) is 0. The lowest BCUT2D eigenvalue weighted by Crippen LogP contribution is -2.33. The molecule has 4 nitrogen and oxygen atoms in total. The first kappa shape index (κ1) is 4.13. The SMILES string of the molecule is IC1=NNNN1. The third-order valence-corrected chi connectivity index (χ3v) is 0.887. The van der Waals surface area contributed by atoms with E-state index in [0.717, 1.165) is 3.84 Å². The molecule has 34 valence electrons. The molecule has 1 aliphatic rings. The first-order chi connectivity index (χ1) is 2.89. The Morgan fingerprint density at radius 1 is 1.67 bits per heavy atom. The van der Waals surface area contributed by atoms with E-state index in [0.29, 0.717) is 0 Å².